The van der Waals surface area contributed by atoms with E-state index >= 15 is 0 Å². The number of hydrogen-bond acceptors (Lipinski definition) is 7. The van der Waals surface area contributed by atoms with E-state index in [-0.39, 0.29) is 11.9 Å². The molecule has 0 radical (unpaired) electrons. The number of hydrogen-bond donors (Lipinski definition) is 0. The van der Waals surface area contributed by atoms with Gasteiger partial charge in [-0.1, -0.05) is 0 Å². The first-order valence-corrected chi connectivity index (χ1v) is 8.54. The third-order valence-corrected chi connectivity index (χ3v) is 4.80. The van der Waals surface area contributed by atoms with Gasteiger partial charge in [0.05, 0.1) is 30.3 Å². The summed E-state index contributed by atoms with van der Waals surface area (Å²) >= 11 is 0. The molecule has 2 fully saturated rings. The van der Waals surface area contributed by atoms with Crippen LogP contribution in [0.15, 0.2) is 37.4 Å². The van der Waals surface area contributed by atoms with Gasteiger partial charge in [0.2, 0.25) is 5.91 Å². The minimum absolute atomic E-state index is 0.181. The molecule has 1 amide bonds. The molecule has 5 heterocycles. The Morgan fingerprint density at radius 2 is 1.92 bits per heavy atom. The van der Waals surface area contributed by atoms with Crippen LogP contribution in [0.25, 0.3) is 5.82 Å². The first kappa shape index (κ1) is 15.0. The molecule has 10 heteroatoms. The van der Waals surface area contributed by atoms with Crippen molar-refractivity contribution in [3.8, 4) is 5.82 Å². The molecule has 3 aromatic heterocycles. The largest absolute Gasteiger partial charge is 0.351 e. The predicted octanol–water partition coefficient (Wildman–Crippen LogP) is 0.442. The van der Waals surface area contributed by atoms with Crippen LogP contribution in [0.3, 0.4) is 0 Å². The molecule has 0 spiro atoms. The third-order valence-electron chi connectivity index (χ3n) is 4.80. The summed E-state index contributed by atoms with van der Waals surface area (Å²) in [5.74, 6) is 1.62. The first-order chi connectivity index (χ1) is 12.8. The summed E-state index contributed by atoms with van der Waals surface area (Å²) in [6.45, 7) is 2.38. The molecule has 0 aliphatic carbocycles. The number of rotatable bonds is 4. The van der Waals surface area contributed by atoms with E-state index in [1.54, 1.807) is 29.6 Å². The molecule has 0 N–H and O–H groups in total. The molecule has 132 valence electrons. The second-order valence-electron chi connectivity index (χ2n) is 6.46. The summed E-state index contributed by atoms with van der Waals surface area (Å²) in [6, 6.07) is 0.262. The Balaban J connectivity index is 1.27. The van der Waals surface area contributed by atoms with E-state index in [9.17, 15) is 4.79 Å². The van der Waals surface area contributed by atoms with Gasteiger partial charge in [-0.2, -0.15) is 10.2 Å². The number of carbonyl (C=O) groups is 1. The van der Waals surface area contributed by atoms with Gasteiger partial charge in [-0.15, -0.1) is 0 Å². The van der Waals surface area contributed by atoms with Crippen LogP contribution in [0, 0.1) is 0 Å². The molecule has 0 bridgehead atoms. The SMILES string of the molecule is O=C1CCCN1c1cnn(C2CN(c3cncc(-n4cncn4)n3)C2)c1. The van der Waals surface area contributed by atoms with Crippen LogP contribution in [0.4, 0.5) is 11.5 Å². The van der Waals surface area contributed by atoms with Gasteiger partial charge in [-0.3, -0.25) is 14.5 Å². The summed E-state index contributed by atoms with van der Waals surface area (Å²) in [5.41, 5.74) is 0.888. The molecule has 3 aromatic rings. The van der Waals surface area contributed by atoms with Crippen molar-refractivity contribution < 1.29 is 4.79 Å². The van der Waals surface area contributed by atoms with Gasteiger partial charge in [0.15, 0.2) is 5.82 Å². The lowest BCUT2D eigenvalue weighted by atomic mass is 10.1. The number of aromatic nitrogens is 7. The predicted molar refractivity (Wildman–Crippen MR) is 92.0 cm³/mol. The Morgan fingerprint density at radius 1 is 1.04 bits per heavy atom. The summed E-state index contributed by atoms with van der Waals surface area (Å²) in [6.07, 6.45) is 11.7. The van der Waals surface area contributed by atoms with Crippen molar-refractivity contribution in [1.29, 1.82) is 0 Å². The van der Waals surface area contributed by atoms with Crippen molar-refractivity contribution in [2.24, 2.45) is 0 Å². The lowest BCUT2D eigenvalue weighted by molar-refractivity contribution is -0.117. The highest BCUT2D eigenvalue weighted by molar-refractivity contribution is 5.95. The number of carbonyl (C=O) groups excluding carboxylic acids is 1. The van der Waals surface area contributed by atoms with Crippen molar-refractivity contribution in [1.82, 2.24) is 34.5 Å². The number of amides is 1. The van der Waals surface area contributed by atoms with Gasteiger partial charge in [-0.05, 0) is 6.42 Å². The monoisotopic (exact) mass is 351 g/mol. The number of anilines is 2. The van der Waals surface area contributed by atoms with Crippen LogP contribution in [-0.4, -0.2) is 60.1 Å². The molecular formula is C16H17N9O. The zero-order valence-electron chi connectivity index (χ0n) is 14.0. The van der Waals surface area contributed by atoms with Crippen molar-refractivity contribution in [3.63, 3.8) is 0 Å². The van der Waals surface area contributed by atoms with Gasteiger partial charge in [0, 0.05) is 32.3 Å². The van der Waals surface area contributed by atoms with Crippen LogP contribution in [0.2, 0.25) is 0 Å². The maximum absolute atomic E-state index is 11.9. The normalized spacial score (nSPS) is 17.8. The fourth-order valence-electron chi connectivity index (χ4n) is 3.33. The van der Waals surface area contributed by atoms with E-state index in [4.69, 9.17) is 0 Å². The second-order valence-corrected chi connectivity index (χ2v) is 6.46. The molecule has 0 aromatic carbocycles. The minimum atomic E-state index is 0.181. The van der Waals surface area contributed by atoms with Crippen LogP contribution in [0.5, 0.6) is 0 Å². The molecule has 10 nitrogen and oxygen atoms in total. The Morgan fingerprint density at radius 3 is 2.69 bits per heavy atom. The maximum atomic E-state index is 11.9. The summed E-state index contributed by atoms with van der Waals surface area (Å²) in [7, 11) is 0. The number of nitrogens with zero attached hydrogens (tertiary/aromatic N) is 9. The van der Waals surface area contributed by atoms with E-state index in [1.165, 1.54) is 6.33 Å². The minimum Gasteiger partial charge on any atom is -0.351 e. The van der Waals surface area contributed by atoms with Crippen molar-refractivity contribution in [3.05, 3.63) is 37.4 Å². The van der Waals surface area contributed by atoms with Crippen LogP contribution >= 0.6 is 0 Å². The quantitative estimate of drug-likeness (QED) is 0.673. The third kappa shape index (κ3) is 2.50. The van der Waals surface area contributed by atoms with Crippen molar-refractivity contribution in [2.75, 3.05) is 29.4 Å². The summed E-state index contributed by atoms with van der Waals surface area (Å²) in [5, 5.41) is 8.52. The molecule has 26 heavy (non-hydrogen) atoms. The zero-order chi connectivity index (χ0) is 17.5. The van der Waals surface area contributed by atoms with Gasteiger partial charge in [0.25, 0.3) is 0 Å². The van der Waals surface area contributed by atoms with Crippen molar-refractivity contribution >= 4 is 17.4 Å². The topological polar surface area (TPSA) is 97.9 Å². The molecule has 2 aliphatic rings. The highest BCUT2D eigenvalue weighted by Crippen LogP contribution is 2.28. The van der Waals surface area contributed by atoms with Gasteiger partial charge in [-0.25, -0.2) is 14.6 Å². The van der Waals surface area contributed by atoms with E-state index in [0.29, 0.717) is 12.2 Å². The molecule has 5 rings (SSSR count). The highest BCUT2D eigenvalue weighted by Gasteiger charge is 2.31. The van der Waals surface area contributed by atoms with Crippen LogP contribution < -0.4 is 9.80 Å². The Hall–Kier alpha value is -3.30. The fourth-order valence-corrected chi connectivity index (χ4v) is 3.33. The van der Waals surface area contributed by atoms with Crippen molar-refractivity contribution in [2.45, 2.75) is 18.9 Å². The van der Waals surface area contributed by atoms with Gasteiger partial charge in [0.1, 0.15) is 18.5 Å². The molecule has 0 saturated carbocycles. The molecule has 0 unspecified atom stereocenters. The van der Waals surface area contributed by atoms with Gasteiger partial charge < -0.3 is 9.80 Å². The Bertz CT molecular complexity index is 929. The lowest BCUT2D eigenvalue weighted by Gasteiger charge is -2.39. The Kier molecular flexibility index (Phi) is 3.40. The maximum Gasteiger partial charge on any atom is 0.227 e. The highest BCUT2D eigenvalue weighted by atomic mass is 16.2. The molecular weight excluding hydrogens is 334 g/mol. The summed E-state index contributed by atoms with van der Waals surface area (Å²) < 4.78 is 3.52. The summed E-state index contributed by atoms with van der Waals surface area (Å²) in [4.78, 5) is 28.6. The fraction of sp³-hybridized carbons (Fsp3) is 0.375. The Labute approximate surface area is 149 Å². The van der Waals surface area contributed by atoms with E-state index < -0.39 is 0 Å². The van der Waals surface area contributed by atoms with Crippen LogP contribution in [0.1, 0.15) is 18.9 Å². The standard InChI is InChI=1S/C16H17N9O/c26-16-2-1-3-23(16)12-4-19-24(9-12)13-7-22(8-13)14-5-17-6-15(21-14)25-11-18-10-20-25/h4-6,9-11,13H,1-3,7-8H2. The van der Waals surface area contributed by atoms with E-state index in [0.717, 1.165) is 37.6 Å². The average Bonchev–Trinajstić information content (AvgIpc) is 3.35. The molecule has 2 aliphatic heterocycles. The molecule has 0 atom stereocenters. The average molecular weight is 351 g/mol. The second kappa shape index (κ2) is 5.90. The first-order valence-electron chi connectivity index (χ1n) is 8.54. The zero-order valence-corrected chi connectivity index (χ0v) is 14.0. The van der Waals surface area contributed by atoms with E-state index in [2.05, 4.69) is 30.0 Å². The molecule has 2 saturated heterocycles. The lowest BCUT2D eigenvalue weighted by Crippen LogP contribution is -2.48. The van der Waals surface area contributed by atoms with E-state index in [1.807, 2.05) is 15.8 Å². The smallest absolute Gasteiger partial charge is 0.227 e. The van der Waals surface area contributed by atoms with Gasteiger partial charge >= 0.3 is 0 Å². The van der Waals surface area contributed by atoms with Crippen LogP contribution in [-0.2, 0) is 4.79 Å².